The monoisotopic (exact) mass is 290 g/mol. The quantitative estimate of drug-likeness (QED) is 0.942. The molecule has 1 aromatic carbocycles. The van der Waals surface area contributed by atoms with Gasteiger partial charge in [-0.2, -0.15) is 0 Å². The molecule has 0 radical (unpaired) electrons. The summed E-state index contributed by atoms with van der Waals surface area (Å²) < 4.78 is 0. The number of amides is 1. The Morgan fingerprint density at radius 3 is 2.90 bits per heavy atom. The van der Waals surface area contributed by atoms with Crippen molar-refractivity contribution in [3.8, 4) is 0 Å². The van der Waals surface area contributed by atoms with Crippen molar-refractivity contribution in [1.29, 1.82) is 0 Å². The van der Waals surface area contributed by atoms with E-state index in [-0.39, 0.29) is 11.9 Å². The van der Waals surface area contributed by atoms with Crippen molar-refractivity contribution in [2.75, 3.05) is 18.4 Å². The van der Waals surface area contributed by atoms with Gasteiger partial charge in [0, 0.05) is 23.5 Å². The number of nitrogens with zero attached hydrogens (tertiary/aromatic N) is 3. The van der Waals surface area contributed by atoms with Crippen LogP contribution in [0.15, 0.2) is 24.5 Å². The van der Waals surface area contributed by atoms with Gasteiger partial charge in [-0.25, -0.2) is 9.97 Å². The molecule has 0 saturated carbocycles. The van der Waals surface area contributed by atoms with Gasteiger partial charge >= 0.3 is 0 Å². The fraction of sp³-hybridized carbons (Fsp3) is 0.357. The summed E-state index contributed by atoms with van der Waals surface area (Å²) in [6.45, 7) is 3.56. The van der Waals surface area contributed by atoms with Gasteiger partial charge in [-0.15, -0.1) is 0 Å². The Kier molecular flexibility index (Phi) is 3.44. The summed E-state index contributed by atoms with van der Waals surface area (Å²) >= 11 is 5.95. The van der Waals surface area contributed by atoms with E-state index in [1.54, 1.807) is 12.1 Å². The number of carbonyl (C=O) groups excluding carboxylic acids is 1. The van der Waals surface area contributed by atoms with Crippen LogP contribution in [0, 0.1) is 0 Å². The van der Waals surface area contributed by atoms with Gasteiger partial charge in [-0.3, -0.25) is 4.79 Å². The maximum atomic E-state index is 12.1. The van der Waals surface area contributed by atoms with Crippen LogP contribution >= 0.6 is 11.6 Å². The molecule has 0 aliphatic carbocycles. The molecule has 3 rings (SSSR count). The maximum absolute atomic E-state index is 12.1. The van der Waals surface area contributed by atoms with Crippen molar-refractivity contribution in [1.82, 2.24) is 14.9 Å². The van der Waals surface area contributed by atoms with Gasteiger partial charge in [0.25, 0.3) is 0 Å². The number of hydrogen-bond acceptors (Lipinski definition) is 4. The predicted molar refractivity (Wildman–Crippen MR) is 78.8 cm³/mol. The van der Waals surface area contributed by atoms with E-state index in [0.29, 0.717) is 10.8 Å². The second-order valence-corrected chi connectivity index (χ2v) is 5.37. The first-order chi connectivity index (χ1) is 9.65. The molecule has 2 heterocycles. The molecule has 1 fully saturated rings. The van der Waals surface area contributed by atoms with Gasteiger partial charge < -0.3 is 10.2 Å². The van der Waals surface area contributed by atoms with Crippen LogP contribution in [0.4, 0.5) is 5.82 Å². The van der Waals surface area contributed by atoms with Crippen molar-refractivity contribution >= 4 is 34.2 Å². The van der Waals surface area contributed by atoms with Crippen molar-refractivity contribution in [3.63, 3.8) is 0 Å². The molecule has 1 saturated heterocycles. The van der Waals surface area contributed by atoms with Crippen LogP contribution in [0.1, 0.15) is 13.3 Å². The molecule has 20 heavy (non-hydrogen) atoms. The normalized spacial score (nSPS) is 15.8. The van der Waals surface area contributed by atoms with E-state index in [1.807, 2.05) is 17.9 Å². The second-order valence-electron chi connectivity index (χ2n) is 4.93. The summed E-state index contributed by atoms with van der Waals surface area (Å²) in [5, 5.41) is 4.66. The Hall–Kier alpha value is -1.88. The number of nitrogens with one attached hydrogen (secondary N) is 1. The second kappa shape index (κ2) is 5.25. The zero-order valence-corrected chi connectivity index (χ0v) is 11.9. The number of halogens is 1. The molecule has 1 atom stereocenters. The number of hydrogen-bond donors (Lipinski definition) is 1. The zero-order chi connectivity index (χ0) is 14.1. The van der Waals surface area contributed by atoms with Crippen molar-refractivity contribution in [2.45, 2.75) is 19.4 Å². The molecule has 2 aromatic rings. The highest BCUT2D eigenvalue weighted by Gasteiger charge is 2.25. The van der Waals surface area contributed by atoms with Gasteiger partial charge in [-0.05, 0) is 31.5 Å². The van der Waals surface area contributed by atoms with Crippen molar-refractivity contribution in [3.05, 3.63) is 29.5 Å². The van der Waals surface area contributed by atoms with E-state index in [0.717, 1.165) is 30.4 Å². The summed E-state index contributed by atoms with van der Waals surface area (Å²) in [5.74, 6) is 0.769. The Labute approximate surface area is 122 Å². The van der Waals surface area contributed by atoms with Gasteiger partial charge in [0.15, 0.2) is 0 Å². The predicted octanol–water partition coefficient (Wildman–Crippen LogP) is 2.32. The number of carbonyl (C=O) groups is 1. The van der Waals surface area contributed by atoms with Crippen molar-refractivity contribution < 1.29 is 4.79 Å². The molecular formula is C14H15ClN4O. The molecule has 1 aliphatic heterocycles. The minimum absolute atomic E-state index is 0.108. The number of benzene rings is 1. The average molecular weight is 291 g/mol. The minimum atomic E-state index is -0.302. The summed E-state index contributed by atoms with van der Waals surface area (Å²) in [5.41, 5.74) is 0.763. The van der Waals surface area contributed by atoms with Crippen LogP contribution in [-0.2, 0) is 4.79 Å². The number of aromatic nitrogens is 2. The first kappa shape index (κ1) is 13.1. The van der Waals surface area contributed by atoms with Gasteiger partial charge in [0.05, 0.1) is 5.52 Å². The Morgan fingerprint density at radius 2 is 2.20 bits per heavy atom. The standard InChI is InChI=1S/C14H15ClN4O/c1-9(14(20)19-5-2-6-19)18-13-11-4-3-10(15)7-12(11)16-8-17-13/h3-4,7-9H,2,5-6H2,1H3,(H,16,17,18)/t9-/m1/s1. The van der Waals surface area contributed by atoms with E-state index in [2.05, 4.69) is 15.3 Å². The Bertz CT molecular complexity index is 657. The summed E-state index contributed by atoms with van der Waals surface area (Å²) in [4.78, 5) is 22.4. The van der Waals surface area contributed by atoms with Gasteiger partial charge in [0.1, 0.15) is 18.2 Å². The Morgan fingerprint density at radius 1 is 1.40 bits per heavy atom. The van der Waals surface area contributed by atoms with Crippen LogP contribution in [0.5, 0.6) is 0 Å². The number of anilines is 1. The van der Waals surface area contributed by atoms with Gasteiger partial charge in [-0.1, -0.05) is 11.6 Å². The maximum Gasteiger partial charge on any atom is 0.244 e. The number of likely N-dealkylation sites (tertiary alicyclic amines) is 1. The number of fused-ring (bicyclic) bond motifs is 1. The Balaban J connectivity index is 1.85. The highest BCUT2D eigenvalue weighted by molar-refractivity contribution is 6.31. The van der Waals surface area contributed by atoms with E-state index >= 15 is 0 Å². The molecule has 0 spiro atoms. The average Bonchev–Trinajstić information content (AvgIpc) is 2.36. The number of rotatable bonds is 3. The SMILES string of the molecule is C[C@@H](Nc1ncnc2cc(Cl)ccc12)C(=O)N1CCC1. The lowest BCUT2D eigenvalue weighted by Crippen LogP contribution is -2.48. The van der Waals surface area contributed by atoms with Crippen LogP contribution < -0.4 is 5.32 Å². The molecule has 104 valence electrons. The third-order valence-electron chi connectivity index (χ3n) is 3.49. The molecule has 0 bridgehead atoms. The van der Waals surface area contributed by atoms with E-state index in [9.17, 15) is 4.79 Å². The van der Waals surface area contributed by atoms with Crippen molar-refractivity contribution in [2.24, 2.45) is 0 Å². The fourth-order valence-electron chi connectivity index (χ4n) is 2.22. The molecule has 6 heteroatoms. The van der Waals surface area contributed by atoms with Crippen LogP contribution in [-0.4, -0.2) is 39.9 Å². The highest BCUT2D eigenvalue weighted by atomic mass is 35.5. The van der Waals surface area contributed by atoms with Crippen LogP contribution in [0.25, 0.3) is 10.9 Å². The van der Waals surface area contributed by atoms with Gasteiger partial charge in [0.2, 0.25) is 5.91 Å². The summed E-state index contributed by atoms with van der Waals surface area (Å²) in [7, 11) is 0. The van der Waals surface area contributed by atoms with E-state index in [1.165, 1.54) is 6.33 Å². The lowest BCUT2D eigenvalue weighted by molar-refractivity contribution is -0.135. The highest BCUT2D eigenvalue weighted by Crippen LogP contribution is 2.23. The summed E-state index contributed by atoms with van der Waals surface area (Å²) in [6, 6.07) is 5.14. The molecule has 1 aromatic heterocycles. The summed E-state index contributed by atoms with van der Waals surface area (Å²) in [6.07, 6.45) is 2.56. The minimum Gasteiger partial charge on any atom is -0.358 e. The first-order valence-corrected chi connectivity index (χ1v) is 6.98. The molecule has 1 aliphatic rings. The van der Waals surface area contributed by atoms with Crippen LogP contribution in [0.2, 0.25) is 5.02 Å². The molecule has 1 N–H and O–H groups in total. The molecule has 1 amide bonds. The molecule has 5 nitrogen and oxygen atoms in total. The molecule has 0 unspecified atom stereocenters. The topological polar surface area (TPSA) is 58.1 Å². The van der Waals surface area contributed by atoms with E-state index < -0.39 is 0 Å². The lowest BCUT2D eigenvalue weighted by Gasteiger charge is -2.33. The third-order valence-corrected chi connectivity index (χ3v) is 3.73. The fourth-order valence-corrected chi connectivity index (χ4v) is 2.39. The largest absolute Gasteiger partial charge is 0.358 e. The first-order valence-electron chi connectivity index (χ1n) is 6.61. The smallest absolute Gasteiger partial charge is 0.244 e. The zero-order valence-electron chi connectivity index (χ0n) is 11.1. The lowest BCUT2D eigenvalue weighted by atomic mass is 10.1. The molecular weight excluding hydrogens is 276 g/mol. The van der Waals surface area contributed by atoms with E-state index in [4.69, 9.17) is 11.6 Å². The van der Waals surface area contributed by atoms with Crippen LogP contribution in [0.3, 0.4) is 0 Å². The third kappa shape index (κ3) is 2.41.